The SMILES string of the molecule is CNS(=O)(=O)c1cccc(OC[C@@H](O)CNC2COC3(CCN(S(=O)(=O)c4cccc(-c5ccc(CN)cc5)c4OC)CC3)C2)c1. The Morgan fingerprint density at radius 3 is 2.46 bits per heavy atom. The number of aliphatic hydroxyl groups is 1. The standard InChI is InChI=1S/C32H42N4O8S2/c1-34-45(38,39)28-6-3-5-27(17-28)43-22-26(37)20-35-25-18-32(44-21-25)13-15-36(16-14-32)46(40,41)30-8-4-7-29(31(30)42-2)24-11-9-23(19-33)10-12-24/h3-12,17,25-26,34-35,37H,13-16,18-22,33H2,1-2H3/t25?,26-/m0/s1. The zero-order valence-electron chi connectivity index (χ0n) is 26.0. The van der Waals surface area contributed by atoms with E-state index in [9.17, 15) is 21.9 Å². The van der Waals surface area contributed by atoms with E-state index in [1.54, 1.807) is 24.3 Å². The maximum absolute atomic E-state index is 13.8. The molecule has 250 valence electrons. The van der Waals surface area contributed by atoms with Gasteiger partial charge in [0.1, 0.15) is 29.1 Å². The van der Waals surface area contributed by atoms with Gasteiger partial charge in [0.25, 0.3) is 0 Å². The Balaban J connectivity index is 1.14. The molecule has 0 bridgehead atoms. The number of para-hydroxylation sites is 1. The van der Waals surface area contributed by atoms with Crippen LogP contribution in [0.5, 0.6) is 11.5 Å². The quantitative estimate of drug-likeness (QED) is 0.211. The molecule has 1 spiro atoms. The molecule has 2 fully saturated rings. The first-order valence-electron chi connectivity index (χ1n) is 15.2. The van der Waals surface area contributed by atoms with E-state index in [2.05, 4.69) is 10.0 Å². The van der Waals surface area contributed by atoms with Gasteiger partial charge in [-0.25, -0.2) is 21.6 Å². The van der Waals surface area contributed by atoms with Gasteiger partial charge in [0, 0.05) is 43.9 Å². The molecule has 0 radical (unpaired) electrons. The molecular weight excluding hydrogens is 633 g/mol. The van der Waals surface area contributed by atoms with Crippen LogP contribution in [0, 0.1) is 0 Å². The van der Waals surface area contributed by atoms with E-state index < -0.39 is 31.8 Å². The summed E-state index contributed by atoms with van der Waals surface area (Å²) in [5, 5.41) is 13.8. The number of methoxy groups -OCH3 is 1. The Morgan fingerprint density at radius 1 is 1.07 bits per heavy atom. The van der Waals surface area contributed by atoms with Crippen LogP contribution in [0.25, 0.3) is 11.1 Å². The van der Waals surface area contributed by atoms with Gasteiger partial charge in [-0.05, 0) is 55.6 Å². The van der Waals surface area contributed by atoms with Crippen LogP contribution in [-0.4, -0.2) is 91.0 Å². The first kappa shape index (κ1) is 34.3. The maximum Gasteiger partial charge on any atom is 0.246 e. The number of nitrogens with one attached hydrogen (secondary N) is 2. The Hall–Kier alpha value is -3.08. The molecule has 5 N–H and O–H groups in total. The fraction of sp³-hybridized carbons (Fsp3) is 0.438. The first-order valence-corrected chi connectivity index (χ1v) is 18.1. The third kappa shape index (κ3) is 7.55. The highest BCUT2D eigenvalue weighted by atomic mass is 32.2. The predicted molar refractivity (Wildman–Crippen MR) is 174 cm³/mol. The van der Waals surface area contributed by atoms with E-state index in [0.717, 1.165) is 11.1 Å². The third-order valence-electron chi connectivity index (χ3n) is 8.61. The van der Waals surface area contributed by atoms with Crippen molar-refractivity contribution in [3.63, 3.8) is 0 Å². The second-order valence-electron chi connectivity index (χ2n) is 11.6. The average Bonchev–Trinajstić information content (AvgIpc) is 3.48. The minimum Gasteiger partial charge on any atom is -0.495 e. The second kappa shape index (κ2) is 14.4. The summed E-state index contributed by atoms with van der Waals surface area (Å²) in [6.45, 7) is 1.72. The average molecular weight is 675 g/mol. The van der Waals surface area contributed by atoms with Gasteiger partial charge in [0.05, 0.1) is 24.2 Å². The van der Waals surface area contributed by atoms with E-state index in [-0.39, 0.29) is 29.0 Å². The van der Waals surface area contributed by atoms with Crippen molar-refractivity contribution in [2.75, 3.05) is 47.0 Å². The van der Waals surface area contributed by atoms with Crippen molar-refractivity contribution < 1.29 is 36.2 Å². The van der Waals surface area contributed by atoms with E-state index in [1.165, 1.54) is 30.6 Å². The van der Waals surface area contributed by atoms with Gasteiger partial charge in [-0.15, -0.1) is 0 Å². The van der Waals surface area contributed by atoms with Crippen molar-refractivity contribution in [2.45, 2.75) is 53.3 Å². The molecule has 5 rings (SSSR count). The molecule has 0 saturated carbocycles. The number of hydrogen-bond donors (Lipinski definition) is 4. The van der Waals surface area contributed by atoms with Crippen molar-refractivity contribution >= 4 is 20.0 Å². The molecule has 46 heavy (non-hydrogen) atoms. The van der Waals surface area contributed by atoms with Crippen molar-refractivity contribution in [3.8, 4) is 22.6 Å². The minimum atomic E-state index is -3.84. The number of aliphatic hydroxyl groups excluding tert-OH is 1. The van der Waals surface area contributed by atoms with Crippen LogP contribution in [0.15, 0.2) is 76.5 Å². The lowest BCUT2D eigenvalue weighted by Crippen LogP contribution is -2.47. The van der Waals surface area contributed by atoms with Gasteiger partial charge < -0.3 is 30.4 Å². The topological polar surface area (TPSA) is 170 Å². The summed E-state index contributed by atoms with van der Waals surface area (Å²) < 4.78 is 73.0. The van der Waals surface area contributed by atoms with E-state index in [0.29, 0.717) is 62.6 Å². The fourth-order valence-electron chi connectivity index (χ4n) is 5.98. The largest absolute Gasteiger partial charge is 0.495 e. The van der Waals surface area contributed by atoms with Crippen molar-refractivity contribution in [1.29, 1.82) is 0 Å². The number of ether oxygens (including phenoxy) is 3. The third-order valence-corrected chi connectivity index (χ3v) is 11.9. The van der Waals surface area contributed by atoms with Crippen LogP contribution < -0.4 is 25.2 Å². The molecule has 2 atom stereocenters. The van der Waals surface area contributed by atoms with Gasteiger partial charge in [0.15, 0.2) is 0 Å². The van der Waals surface area contributed by atoms with Crippen molar-refractivity contribution in [1.82, 2.24) is 14.3 Å². The molecule has 12 nitrogen and oxygen atoms in total. The molecule has 2 saturated heterocycles. The van der Waals surface area contributed by atoms with Crippen LogP contribution in [0.2, 0.25) is 0 Å². The number of rotatable bonds is 13. The lowest BCUT2D eigenvalue weighted by Gasteiger charge is -2.38. The van der Waals surface area contributed by atoms with Gasteiger partial charge in [-0.2, -0.15) is 4.31 Å². The number of hydrogen-bond acceptors (Lipinski definition) is 10. The Bertz CT molecular complexity index is 1710. The van der Waals surface area contributed by atoms with Gasteiger partial charge in [0.2, 0.25) is 20.0 Å². The highest BCUT2D eigenvalue weighted by Gasteiger charge is 2.45. The van der Waals surface area contributed by atoms with Crippen LogP contribution >= 0.6 is 0 Å². The Kier molecular flexibility index (Phi) is 10.7. The fourth-order valence-corrected chi connectivity index (χ4v) is 8.36. The highest BCUT2D eigenvalue weighted by Crippen LogP contribution is 2.41. The molecule has 14 heteroatoms. The predicted octanol–water partition coefficient (Wildman–Crippen LogP) is 2.07. The number of piperidine rings is 1. The monoisotopic (exact) mass is 674 g/mol. The summed E-state index contributed by atoms with van der Waals surface area (Å²) in [6, 6.07) is 18.9. The molecular formula is C32H42N4O8S2. The molecule has 2 aliphatic rings. The molecule has 2 heterocycles. The van der Waals surface area contributed by atoms with Crippen molar-refractivity contribution in [2.24, 2.45) is 5.73 Å². The summed E-state index contributed by atoms with van der Waals surface area (Å²) in [7, 11) is -4.62. The van der Waals surface area contributed by atoms with E-state index in [4.69, 9.17) is 19.9 Å². The summed E-state index contributed by atoms with van der Waals surface area (Å²) in [6.07, 6.45) is 0.947. The first-order chi connectivity index (χ1) is 22.0. The van der Waals surface area contributed by atoms with Crippen LogP contribution in [-0.2, 0) is 31.3 Å². The molecule has 0 aromatic heterocycles. The molecule has 0 amide bonds. The van der Waals surface area contributed by atoms with Gasteiger partial charge >= 0.3 is 0 Å². The molecule has 1 unspecified atom stereocenters. The normalized spacial score (nSPS) is 19.3. The van der Waals surface area contributed by atoms with Gasteiger partial charge in [-0.3, -0.25) is 0 Å². The minimum absolute atomic E-state index is 0.00987. The van der Waals surface area contributed by atoms with Gasteiger partial charge in [-0.1, -0.05) is 42.5 Å². The lowest BCUT2D eigenvalue weighted by molar-refractivity contribution is -0.0312. The molecule has 2 aliphatic heterocycles. The summed E-state index contributed by atoms with van der Waals surface area (Å²) in [5.41, 5.74) is 7.80. The number of nitrogens with zero attached hydrogens (tertiary/aromatic N) is 1. The number of benzene rings is 3. The van der Waals surface area contributed by atoms with E-state index in [1.807, 2.05) is 30.3 Å². The zero-order chi connectivity index (χ0) is 33.0. The molecule has 3 aromatic carbocycles. The Morgan fingerprint density at radius 2 is 1.78 bits per heavy atom. The van der Waals surface area contributed by atoms with Crippen LogP contribution in [0.1, 0.15) is 24.8 Å². The zero-order valence-corrected chi connectivity index (χ0v) is 27.6. The number of nitrogens with two attached hydrogens (primary N) is 1. The summed E-state index contributed by atoms with van der Waals surface area (Å²) in [5.74, 6) is 0.647. The summed E-state index contributed by atoms with van der Waals surface area (Å²) in [4.78, 5) is 0.207. The molecule has 0 aliphatic carbocycles. The van der Waals surface area contributed by atoms with Crippen LogP contribution in [0.4, 0.5) is 0 Å². The Labute approximate surface area is 270 Å². The maximum atomic E-state index is 13.8. The lowest BCUT2D eigenvalue weighted by atomic mass is 9.88. The molecule has 3 aromatic rings. The number of sulfonamides is 2. The second-order valence-corrected chi connectivity index (χ2v) is 15.4. The summed E-state index contributed by atoms with van der Waals surface area (Å²) >= 11 is 0. The van der Waals surface area contributed by atoms with Crippen LogP contribution in [0.3, 0.4) is 0 Å². The van der Waals surface area contributed by atoms with E-state index >= 15 is 0 Å². The highest BCUT2D eigenvalue weighted by molar-refractivity contribution is 7.89. The van der Waals surface area contributed by atoms with Crippen molar-refractivity contribution in [3.05, 3.63) is 72.3 Å². The smallest absolute Gasteiger partial charge is 0.246 e.